The van der Waals surface area contributed by atoms with Crippen LogP contribution in [-0.2, 0) is 9.84 Å². The Hall–Kier alpha value is -1.08. The third-order valence-corrected chi connectivity index (χ3v) is 5.10. The van der Waals surface area contributed by atoms with Gasteiger partial charge in [0.05, 0.1) is 16.0 Å². The van der Waals surface area contributed by atoms with Gasteiger partial charge in [-0.15, -0.1) is 0 Å². The van der Waals surface area contributed by atoms with Gasteiger partial charge in [0, 0.05) is 18.7 Å². The second kappa shape index (κ2) is 4.89. The van der Waals surface area contributed by atoms with Crippen LogP contribution in [0, 0.1) is 0 Å². The van der Waals surface area contributed by atoms with Gasteiger partial charge in [-0.05, 0) is 34.1 Å². The molecule has 7 heteroatoms. The summed E-state index contributed by atoms with van der Waals surface area (Å²) in [5.74, 6) is -0.263. The Bertz CT molecular complexity index is 571. The maximum absolute atomic E-state index is 12.1. The van der Waals surface area contributed by atoms with E-state index in [9.17, 15) is 18.3 Å². The van der Waals surface area contributed by atoms with Crippen molar-refractivity contribution >= 4 is 31.7 Å². The summed E-state index contributed by atoms with van der Waals surface area (Å²) in [6.07, 6.45) is 0. The van der Waals surface area contributed by atoms with Gasteiger partial charge < -0.3 is 10.0 Å². The van der Waals surface area contributed by atoms with Gasteiger partial charge in [0.15, 0.2) is 9.84 Å². The fourth-order valence-electron chi connectivity index (χ4n) is 1.74. The molecule has 1 aliphatic rings. The number of hydrogen-bond acceptors (Lipinski definition) is 4. The van der Waals surface area contributed by atoms with E-state index < -0.39 is 9.84 Å². The van der Waals surface area contributed by atoms with E-state index in [2.05, 4.69) is 15.9 Å². The number of benzene rings is 1. The van der Waals surface area contributed by atoms with Crippen molar-refractivity contribution in [2.75, 3.05) is 24.6 Å². The fraction of sp³-hybridized carbons (Fsp3) is 0.364. The van der Waals surface area contributed by atoms with Crippen LogP contribution in [0.4, 0.5) is 0 Å². The molecular formula is C11H12BrNO4S. The zero-order chi connectivity index (χ0) is 13.3. The van der Waals surface area contributed by atoms with E-state index in [4.69, 9.17) is 0 Å². The van der Waals surface area contributed by atoms with Crippen LogP contribution in [0.25, 0.3) is 0 Å². The van der Waals surface area contributed by atoms with Crippen molar-refractivity contribution in [3.8, 4) is 5.75 Å². The molecule has 0 unspecified atom stereocenters. The summed E-state index contributed by atoms with van der Waals surface area (Å²) >= 11 is 3.14. The number of rotatable bonds is 1. The van der Waals surface area contributed by atoms with Gasteiger partial charge in [0.25, 0.3) is 5.91 Å². The van der Waals surface area contributed by atoms with Gasteiger partial charge in [-0.2, -0.15) is 0 Å². The molecule has 1 saturated heterocycles. The number of phenols is 1. The lowest BCUT2D eigenvalue weighted by Gasteiger charge is -2.26. The molecule has 1 fully saturated rings. The number of carbonyl (C=O) groups is 1. The zero-order valence-corrected chi connectivity index (χ0v) is 11.9. The molecule has 1 aromatic carbocycles. The normalized spacial score (nSPS) is 18.6. The minimum atomic E-state index is -3.00. The molecule has 18 heavy (non-hydrogen) atoms. The molecule has 1 aromatic rings. The van der Waals surface area contributed by atoms with Gasteiger partial charge in [-0.3, -0.25) is 4.79 Å². The Morgan fingerprint density at radius 2 is 1.89 bits per heavy atom. The van der Waals surface area contributed by atoms with Crippen molar-refractivity contribution in [1.82, 2.24) is 4.90 Å². The number of sulfone groups is 1. The van der Waals surface area contributed by atoms with E-state index in [0.717, 1.165) is 0 Å². The number of hydrogen-bond donors (Lipinski definition) is 1. The molecule has 0 saturated carbocycles. The third-order valence-electron chi connectivity index (χ3n) is 2.82. The molecule has 0 atom stereocenters. The third kappa shape index (κ3) is 2.84. The lowest BCUT2D eigenvalue weighted by Crippen LogP contribution is -2.43. The van der Waals surface area contributed by atoms with E-state index in [0.29, 0.717) is 10.0 Å². The Morgan fingerprint density at radius 1 is 1.28 bits per heavy atom. The van der Waals surface area contributed by atoms with Crippen LogP contribution in [0.3, 0.4) is 0 Å². The van der Waals surface area contributed by atoms with Crippen LogP contribution in [-0.4, -0.2) is 48.9 Å². The van der Waals surface area contributed by atoms with Gasteiger partial charge in [0.1, 0.15) is 5.75 Å². The number of amides is 1. The molecule has 2 rings (SSSR count). The molecule has 98 valence electrons. The smallest absolute Gasteiger partial charge is 0.254 e. The highest BCUT2D eigenvalue weighted by molar-refractivity contribution is 9.10. The van der Waals surface area contributed by atoms with Crippen molar-refractivity contribution in [1.29, 1.82) is 0 Å². The Labute approximate surface area is 113 Å². The second-order valence-corrected chi connectivity index (χ2v) is 7.27. The highest BCUT2D eigenvalue weighted by atomic mass is 79.9. The van der Waals surface area contributed by atoms with E-state index in [1.54, 1.807) is 12.1 Å². The largest absolute Gasteiger partial charge is 0.507 e. The fourth-order valence-corrected chi connectivity index (χ4v) is 3.19. The van der Waals surface area contributed by atoms with Crippen LogP contribution in [0.2, 0.25) is 0 Å². The molecule has 5 nitrogen and oxygen atoms in total. The summed E-state index contributed by atoms with van der Waals surface area (Å²) in [6.45, 7) is 0.413. The van der Waals surface area contributed by atoms with E-state index in [-0.39, 0.29) is 36.3 Å². The Balaban J connectivity index is 2.15. The number of carbonyl (C=O) groups excluding carboxylic acids is 1. The first-order valence-electron chi connectivity index (χ1n) is 5.37. The SMILES string of the molecule is O=C(c1ccc(Br)c(O)c1)N1CCS(=O)(=O)CC1. The van der Waals surface area contributed by atoms with Gasteiger partial charge in [-0.1, -0.05) is 0 Å². The number of aromatic hydroxyl groups is 1. The highest BCUT2D eigenvalue weighted by Crippen LogP contribution is 2.25. The summed E-state index contributed by atoms with van der Waals surface area (Å²) in [5, 5.41) is 9.52. The number of nitrogens with zero attached hydrogens (tertiary/aromatic N) is 1. The maximum atomic E-state index is 12.1. The van der Waals surface area contributed by atoms with Gasteiger partial charge >= 0.3 is 0 Å². The molecule has 1 N–H and O–H groups in total. The molecular weight excluding hydrogens is 322 g/mol. The molecule has 1 aliphatic heterocycles. The summed E-state index contributed by atoms with van der Waals surface area (Å²) in [6, 6.07) is 4.55. The summed E-state index contributed by atoms with van der Waals surface area (Å²) < 4.78 is 23.1. The van der Waals surface area contributed by atoms with Crippen LogP contribution in [0.5, 0.6) is 5.75 Å². The molecule has 0 aromatic heterocycles. The average molecular weight is 334 g/mol. The van der Waals surface area contributed by atoms with Crippen LogP contribution < -0.4 is 0 Å². The summed E-state index contributed by atoms with van der Waals surface area (Å²) in [5.41, 5.74) is 0.356. The van der Waals surface area contributed by atoms with Crippen LogP contribution in [0.15, 0.2) is 22.7 Å². The standard InChI is InChI=1S/C11H12BrNO4S/c12-9-2-1-8(7-10(9)14)11(15)13-3-5-18(16,17)6-4-13/h1-2,7,14H,3-6H2. The first-order valence-corrected chi connectivity index (χ1v) is 7.99. The van der Waals surface area contributed by atoms with E-state index in [1.165, 1.54) is 11.0 Å². The van der Waals surface area contributed by atoms with Crippen molar-refractivity contribution in [3.63, 3.8) is 0 Å². The molecule has 0 radical (unpaired) electrons. The Morgan fingerprint density at radius 3 is 2.44 bits per heavy atom. The lowest BCUT2D eigenvalue weighted by molar-refractivity contribution is 0.0770. The minimum absolute atomic E-state index is 0.00124. The Kier molecular flexibility index (Phi) is 3.63. The van der Waals surface area contributed by atoms with Crippen LogP contribution >= 0.6 is 15.9 Å². The van der Waals surface area contributed by atoms with Crippen molar-refractivity contribution in [2.24, 2.45) is 0 Å². The highest BCUT2D eigenvalue weighted by Gasteiger charge is 2.25. The maximum Gasteiger partial charge on any atom is 0.254 e. The van der Waals surface area contributed by atoms with Crippen molar-refractivity contribution in [3.05, 3.63) is 28.2 Å². The molecule has 1 heterocycles. The predicted molar refractivity (Wildman–Crippen MR) is 70.4 cm³/mol. The molecule has 1 amide bonds. The van der Waals surface area contributed by atoms with E-state index in [1.807, 2.05) is 0 Å². The summed E-state index contributed by atoms with van der Waals surface area (Å²) in [4.78, 5) is 13.6. The van der Waals surface area contributed by atoms with Crippen LogP contribution in [0.1, 0.15) is 10.4 Å². The quantitative estimate of drug-likeness (QED) is 0.832. The second-order valence-electron chi connectivity index (χ2n) is 4.11. The molecule has 0 aliphatic carbocycles. The number of phenolic OH excluding ortho intramolecular Hbond substituents is 1. The predicted octanol–water partition coefficient (Wildman–Crippen LogP) is 1.03. The van der Waals surface area contributed by atoms with E-state index >= 15 is 0 Å². The average Bonchev–Trinajstić information content (AvgIpc) is 2.32. The molecule has 0 spiro atoms. The lowest BCUT2D eigenvalue weighted by atomic mass is 10.2. The topological polar surface area (TPSA) is 74.7 Å². The number of halogens is 1. The first-order chi connectivity index (χ1) is 8.39. The zero-order valence-electron chi connectivity index (χ0n) is 9.47. The minimum Gasteiger partial charge on any atom is -0.507 e. The monoisotopic (exact) mass is 333 g/mol. The van der Waals surface area contributed by atoms with Gasteiger partial charge in [0.2, 0.25) is 0 Å². The first kappa shape index (κ1) is 13.4. The van der Waals surface area contributed by atoms with Crippen molar-refractivity contribution < 1.29 is 18.3 Å². The van der Waals surface area contributed by atoms with Crippen molar-refractivity contribution in [2.45, 2.75) is 0 Å². The molecule has 0 bridgehead atoms. The van der Waals surface area contributed by atoms with Gasteiger partial charge in [-0.25, -0.2) is 8.42 Å². The summed E-state index contributed by atoms with van der Waals surface area (Å²) in [7, 11) is -3.00.